The van der Waals surface area contributed by atoms with Gasteiger partial charge in [0.05, 0.1) is 5.69 Å². The van der Waals surface area contributed by atoms with Crippen LogP contribution in [0, 0.1) is 5.82 Å². The zero-order valence-corrected chi connectivity index (χ0v) is 15.4. The Balaban J connectivity index is 1.37. The lowest BCUT2D eigenvalue weighted by molar-refractivity contribution is 0.0739. The minimum Gasteiger partial charge on any atom is -0.366 e. The summed E-state index contributed by atoms with van der Waals surface area (Å²) in [6.45, 7) is 4.29. The van der Waals surface area contributed by atoms with E-state index in [4.69, 9.17) is 0 Å². The van der Waals surface area contributed by atoms with Crippen molar-refractivity contribution < 1.29 is 9.18 Å². The third kappa shape index (κ3) is 3.86. The molecular weight excluding hydrogens is 345 g/mol. The summed E-state index contributed by atoms with van der Waals surface area (Å²) in [6.07, 6.45) is 3.61. The number of benzene rings is 1. The topological polar surface area (TPSA) is 52.6 Å². The van der Waals surface area contributed by atoms with Crippen molar-refractivity contribution in [3.63, 3.8) is 0 Å². The number of hydrogen-bond donors (Lipinski definition) is 0. The van der Waals surface area contributed by atoms with Gasteiger partial charge in [0.15, 0.2) is 11.5 Å². The molecule has 0 atom stereocenters. The van der Waals surface area contributed by atoms with Crippen molar-refractivity contribution in [2.24, 2.45) is 0 Å². The van der Waals surface area contributed by atoms with E-state index in [9.17, 15) is 9.18 Å². The van der Waals surface area contributed by atoms with Crippen LogP contribution in [-0.4, -0.2) is 60.3 Å². The summed E-state index contributed by atoms with van der Waals surface area (Å²) >= 11 is 0. The molecule has 0 unspecified atom stereocenters. The van der Waals surface area contributed by atoms with Crippen LogP contribution in [0.2, 0.25) is 0 Å². The second kappa shape index (κ2) is 7.90. The third-order valence-corrected chi connectivity index (χ3v) is 5.31. The van der Waals surface area contributed by atoms with Crippen molar-refractivity contribution in [3.8, 4) is 0 Å². The zero-order valence-electron chi connectivity index (χ0n) is 15.4. The van der Waals surface area contributed by atoms with Crippen molar-refractivity contribution in [1.82, 2.24) is 15.1 Å². The monoisotopic (exact) mass is 369 g/mol. The highest BCUT2D eigenvalue weighted by Gasteiger charge is 2.25. The van der Waals surface area contributed by atoms with Gasteiger partial charge in [0.1, 0.15) is 5.82 Å². The zero-order chi connectivity index (χ0) is 18.6. The third-order valence-electron chi connectivity index (χ3n) is 5.31. The number of piperidine rings is 1. The average molecular weight is 369 g/mol. The first-order valence-corrected chi connectivity index (χ1v) is 9.60. The minimum atomic E-state index is -0.226. The molecule has 4 rings (SSSR count). The molecule has 2 aliphatic rings. The summed E-state index contributed by atoms with van der Waals surface area (Å²) < 4.78 is 13.9. The maximum Gasteiger partial charge on any atom is 0.274 e. The summed E-state index contributed by atoms with van der Waals surface area (Å²) in [6, 6.07) is 10.4. The van der Waals surface area contributed by atoms with Crippen LogP contribution in [0.3, 0.4) is 0 Å². The Kier molecular flexibility index (Phi) is 5.18. The predicted molar refractivity (Wildman–Crippen MR) is 103 cm³/mol. The lowest BCUT2D eigenvalue weighted by Gasteiger charge is -2.36. The second-order valence-corrected chi connectivity index (χ2v) is 7.06. The van der Waals surface area contributed by atoms with E-state index in [0.29, 0.717) is 37.6 Å². The fourth-order valence-electron chi connectivity index (χ4n) is 3.75. The van der Waals surface area contributed by atoms with Crippen LogP contribution in [0.5, 0.6) is 0 Å². The van der Waals surface area contributed by atoms with Gasteiger partial charge in [-0.05, 0) is 43.5 Å². The maximum absolute atomic E-state index is 13.9. The number of rotatable bonds is 3. The molecule has 6 nitrogen and oxygen atoms in total. The highest BCUT2D eigenvalue weighted by Crippen LogP contribution is 2.21. The molecule has 27 heavy (non-hydrogen) atoms. The van der Waals surface area contributed by atoms with E-state index < -0.39 is 0 Å². The van der Waals surface area contributed by atoms with Crippen molar-refractivity contribution in [1.29, 1.82) is 0 Å². The molecule has 0 bridgehead atoms. The molecule has 1 amide bonds. The highest BCUT2D eigenvalue weighted by atomic mass is 19.1. The minimum absolute atomic E-state index is 0.110. The summed E-state index contributed by atoms with van der Waals surface area (Å²) in [7, 11) is 0. The molecule has 0 aliphatic carbocycles. The lowest BCUT2D eigenvalue weighted by atomic mass is 10.1. The molecule has 2 fully saturated rings. The van der Waals surface area contributed by atoms with Gasteiger partial charge in [-0.25, -0.2) is 4.39 Å². The first-order chi connectivity index (χ1) is 13.2. The standard InChI is InChI=1S/C20H24FN5O/c21-16-6-2-3-7-18(16)24-12-14-26(15-13-24)20(27)17-8-9-19(23-22-17)25-10-4-1-5-11-25/h2-3,6-9H,1,4-5,10-15H2. The Hall–Kier alpha value is -2.70. The van der Waals surface area contributed by atoms with Crippen molar-refractivity contribution in [2.75, 3.05) is 49.1 Å². The van der Waals surface area contributed by atoms with Crippen LogP contribution in [0.1, 0.15) is 29.8 Å². The Labute approximate surface area is 158 Å². The quantitative estimate of drug-likeness (QED) is 0.832. The first kappa shape index (κ1) is 17.7. The largest absolute Gasteiger partial charge is 0.366 e. The number of carbonyl (C=O) groups excluding carboxylic acids is 1. The SMILES string of the molecule is O=C(c1ccc(N2CCCCC2)nn1)N1CCN(c2ccccc2F)CC1. The Morgan fingerprint density at radius 1 is 0.815 bits per heavy atom. The lowest BCUT2D eigenvalue weighted by Crippen LogP contribution is -2.49. The van der Waals surface area contributed by atoms with Gasteiger partial charge in [0, 0.05) is 39.3 Å². The number of anilines is 2. The summed E-state index contributed by atoms with van der Waals surface area (Å²) in [5.41, 5.74) is 0.963. The van der Waals surface area contributed by atoms with E-state index in [0.717, 1.165) is 18.9 Å². The number of carbonyl (C=O) groups is 1. The summed E-state index contributed by atoms with van der Waals surface area (Å²) in [5, 5.41) is 8.42. The second-order valence-electron chi connectivity index (χ2n) is 7.06. The van der Waals surface area contributed by atoms with Gasteiger partial charge in [0.2, 0.25) is 0 Å². The first-order valence-electron chi connectivity index (χ1n) is 9.60. The van der Waals surface area contributed by atoms with Crippen molar-refractivity contribution >= 4 is 17.4 Å². The van der Waals surface area contributed by atoms with E-state index in [1.54, 1.807) is 23.1 Å². The van der Waals surface area contributed by atoms with Gasteiger partial charge < -0.3 is 14.7 Å². The van der Waals surface area contributed by atoms with E-state index in [1.807, 2.05) is 17.0 Å². The molecule has 2 aromatic rings. The number of nitrogens with zero attached hydrogens (tertiary/aromatic N) is 5. The van der Waals surface area contributed by atoms with E-state index in [2.05, 4.69) is 15.1 Å². The molecule has 0 spiro atoms. The number of hydrogen-bond acceptors (Lipinski definition) is 5. The molecule has 0 N–H and O–H groups in total. The molecule has 0 saturated carbocycles. The van der Waals surface area contributed by atoms with Gasteiger partial charge in [-0.1, -0.05) is 12.1 Å². The van der Waals surface area contributed by atoms with Crippen LogP contribution in [0.25, 0.3) is 0 Å². The number of para-hydroxylation sites is 1. The van der Waals surface area contributed by atoms with Gasteiger partial charge in [-0.15, -0.1) is 10.2 Å². The fourth-order valence-corrected chi connectivity index (χ4v) is 3.75. The number of piperazine rings is 1. The van der Waals surface area contributed by atoms with Gasteiger partial charge in [-0.2, -0.15) is 0 Å². The molecule has 1 aromatic heterocycles. The van der Waals surface area contributed by atoms with Crippen LogP contribution < -0.4 is 9.80 Å². The number of halogens is 1. The number of aromatic nitrogens is 2. The summed E-state index contributed by atoms with van der Waals surface area (Å²) in [4.78, 5) is 18.7. The molecular formula is C20H24FN5O. The predicted octanol–water partition coefficient (Wildman–Crippen LogP) is 2.57. The van der Waals surface area contributed by atoms with E-state index in [-0.39, 0.29) is 11.7 Å². The highest BCUT2D eigenvalue weighted by molar-refractivity contribution is 5.92. The Bertz CT molecular complexity index is 783. The molecule has 2 saturated heterocycles. The average Bonchev–Trinajstić information content (AvgIpc) is 2.74. The van der Waals surface area contributed by atoms with Crippen molar-refractivity contribution in [3.05, 3.63) is 47.9 Å². The smallest absolute Gasteiger partial charge is 0.274 e. The molecule has 1 aromatic carbocycles. The van der Waals surface area contributed by atoms with Gasteiger partial charge in [-0.3, -0.25) is 4.79 Å². The molecule has 2 aliphatic heterocycles. The fraction of sp³-hybridized carbons (Fsp3) is 0.450. The molecule has 0 radical (unpaired) electrons. The van der Waals surface area contributed by atoms with Crippen LogP contribution in [-0.2, 0) is 0 Å². The summed E-state index contributed by atoms with van der Waals surface area (Å²) in [5.74, 6) is 0.507. The van der Waals surface area contributed by atoms with Crippen LogP contribution in [0.4, 0.5) is 15.9 Å². The molecule has 142 valence electrons. The van der Waals surface area contributed by atoms with Crippen LogP contribution >= 0.6 is 0 Å². The Morgan fingerprint density at radius 3 is 2.22 bits per heavy atom. The maximum atomic E-state index is 13.9. The number of amides is 1. The molecule has 7 heteroatoms. The Morgan fingerprint density at radius 2 is 1.56 bits per heavy atom. The van der Waals surface area contributed by atoms with Gasteiger partial charge >= 0.3 is 0 Å². The van der Waals surface area contributed by atoms with E-state index >= 15 is 0 Å². The normalized spacial score (nSPS) is 17.9. The molecule has 3 heterocycles. The van der Waals surface area contributed by atoms with Gasteiger partial charge in [0.25, 0.3) is 5.91 Å². The van der Waals surface area contributed by atoms with Crippen molar-refractivity contribution in [2.45, 2.75) is 19.3 Å². The van der Waals surface area contributed by atoms with Crippen LogP contribution in [0.15, 0.2) is 36.4 Å². The van der Waals surface area contributed by atoms with E-state index in [1.165, 1.54) is 25.3 Å².